The first kappa shape index (κ1) is 11.8. The quantitative estimate of drug-likeness (QED) is 0.887. The van der Waals surface area contributed by atoms with Crippen LogP contribution < -0.4 is 0 Å². The Morgan fingerprint density at radius 2 is 1.88 bits per heavy atom. The summed E-state index contributed by atoms with van der Waals surface area (Å²) in [5.41, 5.74) is 0.244. The van der Waals surface area contributed by atoms with Crippen molar-refractivity contribution in [1.29, 1.82) is 0 Å². The van der Waals surface area contributed by atoms with Crippen molar-refractivity contribution in [3.63, 3.8) is 0 Å². The predicted octanol–water partition coefficient (Wildman–Crippen LogP) is 3.22. The van der Waals surface area contributed by atoms with Crippen LogP contribution in [0.3, 0.4) is 0 Å². The Bertz CT molecular complexity index is 460. The molecule has 90 valence electrons. The lowest BCUT2D eigenvalue weighted by Crippen LogP contribution is -2.00. The van der Waals surface area contributed by atoms with E-state index in [1.54, 1.807) is 18.4 Å². The molecular formula is C13H12F2O2. The van der Waals surface area contributed by atoms with E-state index in [0.29, 0.717) is 12.8 Å². The number of rotatable bonds is 4. The molecule has 0 bridgehead atoms. The zero-order chi connectivity index (χ0) is 12.3. The standard InChI is InChI=1S/C13H12F2O2/c14-10-6-9(7-11(15)8-10)13(16)4-3-12-2-1-5-17-12/h1-2,5-8,13,16H,3-4H2. The largest absolute Gasteiger partial charge is 0.469 e. The van der Waals surface area contributed by atoms with Gasteiger partial charge in [-0.3, -0.25) is 0 Å². The zero-order valence-electron chi connectivity index (χ0n) is 9.07. The van der Waals surface area contributed by atoms with Crippen molar-refractivity contribution in [3.05, 3.63) is 59.6 Å². The van der Waals surface area contributed by atoms with Crippen LogP contribution in [0.5, 0.6) is 0 Å². The molecule has 2 aromatic rings. The Balaban J connectivity index is 2.01. The fourth-order valence-corrected chi connectivity index (χ4v) is 1.67. The highest BCUT2D eigenvalue weighted by molar-refractivity contribution is 5.20. The molecule has 1 aromatic heterocycles. The van der Waals surface area contributed by atoms with Gasteiger partial charge in [-0.15, -0.1) is 0 Å². The molecule has 0 spiro atoms. The van der Waals surface area contributed by atoms with Gasteiger partial charge in [0, 0.05) is 12.5 Å². The SMILES string of the molecule is OC(CCc1ccco1)c1cc(F)cc(F)c1. The number of hydrogen-bond donors (Lipinski definition) is 1. The molecular weight excluding hydrogens is 226 g/mol. The summed E-state index contributed by atoms with van der Waals surface area (Å²) in [6.45, 7) is 0. The van der Waals surface area contributed by atoms with Crippen LogP contribution in [0.4, 0.5) is 8.78 Å². The highest BCUT2D eigenvalue weighted by Crippen LogP contribution is 2.21. The summed E-state index contributed by atoms with van der Waals surface area (Å²) in [7, 11) is 0. The molecule has 0 aliphatic rings. The van der Waals surface area contributed by atoms with E-state index >= 15 is 0 Å². The Kier molecular flexibility index (Phi) is 3.54. The van der Waals surface area contributed by atoms with Crippen LogP contribution >= 0.6 is 0 Å². The smallest absolute Gasteiger partial charge is 0.126 e. The summed E-state index contributed by atoms with van der Waals surface area (Å²) in [5.74, 6) is -0.630. The number of aryl methyl sites for hydroxylation is 1. The molecule has 1 N–H and O–H groups in total. The molecule has 0 saturated heterocycles. The van der Waals surface area contributed by atoms with E-state index in [1.165, 1.54) is 0 Å². The van der Waals surface area contributed by atoms with Crippen LogP contribution in [0.2, 0.25) is 0 Å². The van der Waals surface area contributed by atoms with Crippen molar-refractivity contribution in [2.24, 2.45) is 0 Å². The lowest BCUT2D eigenvalue weighted by atomic mass is 10.0. The summed E-state index contributed by atoms with van der Waals surface area (Å²) in [5, 5.41) is 9.79. The Morgan fingerprint density at radius 1 is 1.18 bits per heavy atom. The summed E-state index contributed by atoms with van der Waals surface area (Å²) in [6, 6.07) is 6.59. The van der Waals surface area contributed by atoms with E-state index in [0.717, 1.165) is 24.0 Å². The van der Waals surface area contributed by atoms with E-state index in [4.69, 9.17) is 4.42 Å². The molecule has 0 saturated carbocycles. The molecule has 17 heavy (non-hydrogen) atoms. The minimum Gasteiger partial charge on any atom is -0.469 e. The predicted molar refractivity (Wildman–Crippen MR) is 58.3 cm³/mol. The average Bonchev–Trinajstić information content (AvgIpc) is 2.77. The Morgan fingerprint density at radius 3 is 2.47 bits per heavy atom. The monoisotopic (exact) mass is 238 g/mol. The molecule has 0 aliphatic heterocycles. The number of hydrogen-bond acceptors (Lipinski definition) is 2. The van der Waals surface area contributed by atoms with Crippen LogP contribution in [-0.4, -0.2) is 5.11 Å². The topological polar surface area (TPSA) is 33.4 Å². The highest BCUT2D eigenvalue weighted by atomic mass is 19.1. The number of furan rings is 1. The van der Waals surface area contributed by atoms with E-state index in [1.807, 2.05) is 0 Å². The van der Waals surface area contributed by atoms with Gasteiger partial charge in [0.2, 0.25) is 0 Å². The molecule has 1 unspecified atom stereocenters. The van der Waals surface area contributed by atoms with Crippen LogP contribution in [0.25, 0.3) is 0 Å². The van der Waals surface area contributed by atoms with Crippen molar-refractivity contribution < 1.29 is 18.3 Å². The second-order valence-electron chi connectivity index (χ2n) is 3.84. The van der Waals surface area contributed by atoms with Crippen molar-refractivity contribution in [1.82, 2.24) is 0 Å². The maximum Gasteiger partial charge on any atom is 0.126 e. The van der Waals surface area contributed by atoms with Gasteiger partial charge >= 0.3 is 0 Å². The third kappa shape index (κ3) is 3.14. The first-order chi connectivity index (χ1) is 8.15. The first-order valence-electron chi connectivity index (χ1n) is 5.31. The molecule has 0 aliphatic carbocycles. The second-order valence-corrected chi connectivity index (χ2v) is 3.84. The van der Waals surface area contributed by atoms with Crippen LogP contribution in [0, 0.1) is 11.6 Å². The minimum atomic E-state index is -0.898. The fourth-order valence-electron chi connectivity index (χ4n) is 1.67. The first-order valence-corrected chi connectivity index (χ1v) is 5.31. The maximum atomic E-state index is 12.9. The number of halogens is 2. The molecule has 0 radical (unpaired) electrons. The minimum absolute atomic E-state index is 0.244. The Hall–Kier alpha value is -1.68. The van der Waals surface area contributed by atoms with Crippen LogP contribution in [0.1, 0.15) is 23.8 Å². The van der Waals surface area contributed by atoms with Crippen molar-refractivity contribution in [2.45, 2.75) is 18.9 Å². The number of aliphatic hydroxyl groups excluding tert-OH is 1. The lowest BCUT2D eigenvalue weighted by molar-refractivity contribution is 0.164. The normalized spacial score (nSPS) is 12.6. The third-order valence-corrected chi connectivity index (χ3v) is 2.51. The van der Waals surface area contributed by atoms with Gasteiger partial charge in [-0.1, -0.05) is 0 Å². The van der Waals surface area contributed by atoms with Crippen molar-refractivity contribution in [3.8, 4) is 0 Å². The van der Waals surface area contributed by atoms with Crippen molar-refractivity contribution >= 4 is 0 Å². The molecule has 0 amide bonds. The van der Waals surface area contributed by atoms with E-state index in [-0.39, 0.29) is 5.56 Å². The van der Waals surface area contributed by atoms with Crippen LogP contribution in [-0.2, 0) is 6.42 Å². The summed E-state index contributed by atoms with van der Waals surface area (Å²) >= 11 is 0. The van der Waals surface area contributed by atoms with E-state index in [9.17, 15) is 13.9 Å². The Labute approximate surface area is 97.5 Å². The molecule has 4 heteroatoms. The average molecular weight is 238 g/mol. The maximum absolute atomic E-state index is 12.9. The van der Waals surface area contributed by atoms with Crippen LogP contribution in [0.15, 0.2) is 41.0 Å². The van der Waals surface area contributed by atoms with Gasteiger partial charge in [-0.25, -0.2) is 8.78 Å². The van der Waals surface area contributed by atoms with E-state index in [2.05, 4.69) is 0 Å². The van der Waals surface area contributed by atoms with Gasteiger partial charge in [-0.2, -0.15) is 0 Å². The highest BCUT2D eigenvalue weighted by Gasteiger charge is 2.11. The number of benzene rings is 1. The molecule has 1 atom stereocenters. The fraction of sp³-hybridized carbons (Fsp3) is 0.231. The summed E-state index contributed by atoms with van der Waals surface area (Å²) in [6.07, 6.45) is 1.53. The molecule has 0 fully saturated rings. The van der Waals surface area contributed by atoms with Gasteiger partial charge < -0.3 is 9.52 Å². The van der Waals surface area contributed by atoms with Gasteiger partial charge in [0.05, 0.1) is 12.4 Å². The summed E-state index contributed by atoms with van der Waals surface area (Å²) < 4.78 is 31.0. The van der Waals surface area contributed by atoms with Gasteiger partial charge in [0.15, 0.2) is 0 Å². The molecule has 1 heterocycles. The van der Waals surface area contributed by atoms with Crippen molar-refractivity contribution in [2.75, 3.05) is 0 Å². The van der Waals surface area contributed by atoms with Gasteiger partial charge in [-0.05, 0) is 36.2 Å². The summed E-state index contributed by atoms with van der Waals surface area (Å²) in [4.78, 5) is 0. The molecule has 1 aromatic carbocycles. The molecule has 2 rings (SSSR count). The molecule has 2 nitrogen and oxygen atoms in total. The third-order valence-electron chi connectivity index (χ3n) is 2.51. The zero-order valence-corrected chi connectivity index (χ0v) is 9.07. The van der Waals surface area contributed by atoms with E-state index < -0.39 is 17.7 Å². The lowest BCUT2D eigenvalue weighted by Gasteiger charge is -2.10. The number of aliphatic hydroxyl groups is 1. The van der Waals surface area contributed by atoms with Gasteiger partial charge in [0.1, 0.15) is 17.4 Å². The van der Waals surface area contributed by atoms with Gasteiger partial charge in [0.25, 0.3) is 0 Å². The second kappa shape index (κ2) is 5.10.